The third-order valence-corrected chi connectivity index (χ3v) is 5.49. The molecule has 1 saturated heterocycles. The molecule has 0 bridgehead atoms. The lowest BCUT2D eigenvalue weighted by Gasteiger charge is -2.38. The number of rotatable bonds is 5. The summed E-state index contributed by atoms with van der Waals surface area (Å²) < 4.78 is 0. The fraction of sp³-hybridized carbons (Fsp3) is 0.429. The second-order valence-corrected chi connectivity index (χ2v) is 7.26. The summed E-state index contributed by atoms with van der Waals surface area (Å²) >= 11 is 0. The molecule has 6 heteroatoms. The molecule has 0 aliphatic carbocycles. The van der Waals surface area contributed by atoms with Crippen LogP contribution in [-0.2, 0) is 0 Å². The summed E-state index contributed by atoms with van der Waals surface area (Å²) in [4.78, 5) is 32.4. The molecule has 1 aromatic heterocycles. The topological polar surface area (TPSA) is 76.6 Å². The summed E-state index contributed by atoms with van der Waals surface area (Å²) in [6.45, 7) is 10.3. The fourth-order valence-corrected chi connectivity index (χ4v) is 3.93. The van der Waals surface area contributed by atoms with E-state index in [9.17, 15) is 14.7 Å². The Bertz CT molecular complexity index is 846. The third-order valence-electron chi connectivity index (χ3n) is 5.49. The number of nitrogens with one attached hydrogen (secondary N) is 1. The highest BCUT2D eigenvalue weighted by Gasteiger charge is 2.29. The maximum absolute atomic E-state index is 13.0. The Labute approximate surface area is 159 Å². The molecule has 1 atom stereocenters. The number of hydrogen-bond acceptors (Lipinski definition) is 5. The van der Waals surface area contributed by atoms with Gasteiger partial charge in [0, 0.05) is 43.1 Å². The summed E-state index contributed by atoms with van der Waals surface area (Å²) in [7, 11) is 0. The molecule has 2 aromatic rings. The van der Waals surface area contributed by atoms with Gasteiger partial charge in [0.2, 0.25) is 0 Å². The predicted octanol–water partition coefficient (Wildman–Crippen LogP) is 2.93. The summed E-state index contributed by atoms with van der Waals surface area (Å²) in [5.74, 6) is 0.273. The minimum absolute atomic E-state index is 0.0181. The molecule has 1 aliphatic rings. The van der Waals surface area contributed by atoms with Crippen LogP contribution in [0.2, 0.25) is 0 Å². The van der Waals surface area contributed by atoms with E-state index in [0.717, 1.165) is 43.1 Å². The number of nitrogens with zero attached hydrogens (tertiary/aromatic N) is 2. The zero-order valence-electron chi connectivity index (χ0n) is 16.4. The maximum Gasteiger partial charge on any atom is 0.196 e. The van der Waals surface area contributed by atoms with E-state index in [1.807, 2.05) is 32.9 Å². The summed E-state index contributed by atoms with van der Waals surface area (Å²) in [5.41, 5.74) is 3.76. The Morgan fingerprint density at radius 2 is 1.67 bits per heavy atom. The average Bonchev–Trinajstić information content (AvgIpc) is 2.95. The molecule has 144 valence electrons. The van der Waals surface area contributed by atoms with Crippen LogP contribution in [-0.4, -0.2) is 58.8 Å². The number of aryl methyl sites for hydroxylation is 1. The molecule has 1 aromatic carbocycles. The van der Waals surface area contributed by atoms with Crippen molar-refractivity contribution >= 4 is 17.3 Å². The molecule has 0 spiro atoms. The highest BCUT2D eigenvalue weighted by molar-refractivity contribution is 6.05. The van der Waals surface area contributed by atoms with Crippen LogP contribution in [0.5, 0.6) is 5.75 Å². The largest absolute Gasteiger partial charge is 0.508 e. The smallest absolute Gasteiger partial charge is 0.196 e. The zero-order valence-corrected chi connectivity index (χ0v) is 16.4. The van der Waals surface area contributed by atoms with E-state index < -0.39 is 0 Å². The number of ketones is 2. The van der Waals surface area contributed by atoms with E-state index in [4.69, 9.17) is 0 Å². The molecular weight excluding hydrogens is 342 g/mol. The first-order chi connectivity index (χ1) is 12.8. The summed E-state index contributed by atoms with van der Waals surface area (Å²) in [6.07, 6.45) is 0. The Kier molecular flexibility index (Phi) is 5.37. The second-order valence-electron chi connectivity index (χ2n) is 7.26. The van der Waals surface area contributed by atoms with Crippen molar-refractivity contribution in [3.8, 4) is 5.75 Å². The molecular formula is C21H27N3O3. The molecule has 0 saturated carbocycles. The van der Waals surface area contributed by atoms with Gasteiger partial charge in [0.05, 0.1) is 11.7 Å². The molecule has 0 unspecified atom stereocenters. The minimum Gasteiger partial charge on any atom is -0.508 e. The van der Waals surface area contributed by atoms with Gasteiger partial charge in [-0.15, -0.1) is 0 Å². The van der Waals surface area contributed by atoms with Crippen molar-refractivity contribution in [3.63, 3.8) is 0 Å². The Morgan fingerprint density at radius 3 is 2.19 bits per heavy atom. The van der Waals surface area contributed by atoms with Crippen molar-refractivity contribution in [1.29, 1.82) is 0 Å². The van der Waals surface area contributed by atoms with Gasteiger partial charge >= 0.3 is 0 Å². The molecule has 0 radical (unpaired) electrons. The minimum atomic E-state index is -0.247. The Morgan fingerprint density at radius 1 is 1.07 bits per heavy atom. The van der Waals surface area contributed by atoms with Crippen LogP contribution in [0.15, 0.2) is 24.3 Å². The maximum atomic E-state index is 13.0. The third kappa shape index (κ3) is 3.76. The van der Waals surface area contributed by atoms with E-state index in [-0.39, 0.29) is 23.4 Å². The second kappa shape index (κ2) is 7.56. The number of aromatic hydroxyl groups is 1. The standard InChI is InChI=1S/C21H27N3O3/c1-13-19(16(4)25)14(2)22-20(13)21(27)15(3)23-9-11-24(12-10-23)17-5-7-18(26)8-6-17/h5-8,15,22,26H,9-12H2,1-4H3/t15-/m0/s1. The number of carbonyl (C=O) groups excluding carboxylic acids is 2. The number of carbonyl (C=O) groups is 2. The number of Topliss-reactive ketones (excluding diaryl/α,β-unsaturated/α-hetero) is 2. The molecule has 2 N–H and O–H groups in total. The number of anilines is 1. The van der Waals surface area contributed by atoms with Gasteiger partial charge in [-0.2, -0.15) is 0 Å². The molecule has 3 rings (SSSR count). The van der Waals surface area contributed by atoms with Gasteiger partial charge in [0.25, 0.3) is 0 Å². The number of hydrogen-bond donors (Lipinski definition) is 2. The number of aromatic amines is 1. The summed E-state index contributed by atoms with van der Waals surface area (Å²) in [5, 5.41) is 9.43. The van der Waals surface area contributed by atoms with Crippen LogP contribution in [0, 0.1) is 13.8 Å². The van der Waals surface area contributed by atoms with E-state index in [1.165, 1.54) is 6.92 Å². The van der Waals surface area contributed by atoms with Gasteiger partial charge in [0.15, 0.2) is 11.6 Å². The number of aromatic nitrogens is 1. The number of piperazine rings is 1. The average molecular weight is 369 g/mol. The van der Waals surface area contributed by atoms with Gasteiger partial charge in [-0.3, -0.25) is 14.5 Å². The number of phenolic OH excluding ortho intramolecular Hbond substituents is 1. The molecule has 6 nitrogen and oxygen atoms in total. The zero-order chi connectivity index (χ0) is 19.7. The molecule has 1 aliphatic heterocycles. The quantitative estimate of drug-likeness (QED) is 0.793. The lowest BCUT2D eigenvalue weighted by molar-refractivity contribution is 0.0824. The highest BCUT2D eigenvalue weighted by Crippen LogP contribution is 2.23. The van der Waals surface area contributed by atoms with E-state index >= 15 is 0 Å². The normalized spacial score (nSPS) is 16.4. The predicted molar refractivity (Wildman–Crippen MR) is 106 cm³/mol. The van der Waals surface area contributed by atoms with E-state index in [0.29, 0.717) is 11.3 Å². The van der Waals surface area contributed by atoms with E-state index in [2.05, 4.69) is 14.8 Å². The Balaban J connectivity index is 1.68. The van der Waals surface area contributed by atoms with Crippen LogP contribution < -0.4 is 4.90 Å². The van der Waals surface area contributed by atoms with Gasteiger partial charge < -0.3 is 15.0 Å². The first kappa shape index (κ1) is 19.2. The van der Waals surface area contributed by atoms with Gasteiger partial charge in [-0.1, -0.05) is 0 Å². The molecule has 0 amide bonds. The van der Waals surface area contributed by atoms with Gasteiger partial charge in [-0.05, 0) is 57.5 Å². The van der Waals surface area contributed by atoms with Crippen molar-refractivity contribution in [1.82, 2.24) is 9.88 Å². The lowest BCUT2D eigenvalue weighted by atomic mass is 10.0. The fourth-order valence-electron chi connectivity index (χ4n) is 3.93. The van der Waals surface area contributed by atoms with Crippen LogP contribution >= 0.6 is 0 Å². The monoisotopic (exact) mass is 369 g/mol. The SMILES string of the molecule is CC(=O)c1c(C)[nH]c(C(=O)[C@H](C)N2CCN(c3ccc(O)cc3)CC2)c1C. The number of phenols is 1. The van der Waals surface area contributed by atoms with Gasteiger partial charge in [-0.25, -0.2) is 0 Å². The molecule has 1 fully saturated rings. The van der Waals surface area contributed by atoms with Crippen molar-refractivity contribution in [2.24, 2.45) is 0 Å². The van der Waals surface area contributed by atoms with Crippen molar-refractivity contribution in [2.45, 2.75) is 33.7 Å². The van der Waals surface area contributed by atoms with Crippen LogP contribution in [0.4, 0.5) is 5.69 Å². The van der Waals surface area contributed by atoms with Gasteiger partial charge in [0.1, 0.15) is 5.75 Å². The highest BCUT2D eigenvalue weighted by atomic mass is 16.3. The van der Waals surface area contributed by atoms with Crippen molar-refractivity contribution in [3.05, 3.63) is 46.8 Å². The van der Waals surface area contributed by atoms with Crippen LogP contribution in [0.25, 0.3) is 0 Å². The van der Waals surface area contributed by atoms with Crippen molar-refractivity contribution in [2.75, 3.05) is 31.1 Å². The molecule has 27 heavy (non-hydrogen) atoms. The lowest BCUT2D eigenvalue weighted by Crippen LogP contribution is -2.51. The Hall–Kier alpha value is -2.60. The first-order valence-corrected chi connectivity index (χ1v) is 9.32. The van der Waals surface area contributed by atoms with Crippen LogP contribution in [0.1, 0.15) is 46.0 Å². The summed E-state index contributed by atoms with van der Waals surface area (Å²) in [6, 6.07) is 6.96. The first-order valence-electron chi connectivity index (χ1n) is 9.32. The number of H-pyrrole nitrogens is 1. The molecule has 2 heterocycles. The number of benzene rings is 1. The van der Waals surface area contributed by atoms with Crippen LogP contribution in [0.3, 0.4) is 0 Å². The van der Waals surface area contributed by atoms with E-state index in [1.54, 1.807) is 12.1 Å². The van der Waals surface area contributed by atoms with Crippen molar-refractivity contribution < 1.29 is 14.7 Å².